The van der Waals surface area contributed by atoms with E-state index in [-0.39, 0.29) is 0 Å². The van der Waals surface area contributed by atoms with E-state index in [1.54, 1.807) is 0 Å². The lowest BCUT2D eigenvalue weighted by atomic mass is 10.0. The minimum absolute atomic E-state index is 0.379. The highest BCUT2D eigenvalue weighted by atomic mass is 35.5. The number of nitrogens with two attached hydrogens (primary N) is 1. The Morgan fingerprint density at radius 1 is 1.14 bits per heavy atom. The molecule has 2 aromatic rings. The van der Waals surface area contributed by atoms with E-state index in [0.717, 1.165) is 37.2 Å². The number of rotatable bonds is 2. The van der Waals surface area contributed by atoms with Gasteiger partial charge in [-0.15, -0.1) is 0 Å². The van der Waals surface area contributed by atoms with Crippen molar-refractivity contribution in [3.63, 3.8) is 0 Å². The van der Waals surface area contributed by atoms with Crippen molar-refractivity contribution in [1.82, 2.24) is 0 Å². The van der Waals surface area contributed by atoms with Crippen LogP contribution in [0.15, 0.2) is 42.5 Å². The number of fused-ring (bicyclic) bond motifs is 1. The maximum absolute atomic E-state index is 6.43. The smallest absolute Gasteiger partial charge is 0.104 e. The molecule has 1 heterocycles. The minimum Gasteiger partial charge on any atom is -0.389 e. The van der Waals surface area contributed by atoms with Crippen molar-refractivity contribution in [3.8, 4) is 0 Å². The topological polar surface area (TPSA) is 29.3 Å². The summed E-state index contributed by atoms with van der Waals surface area (Å²) in [7, 11) is 0. The van der Waals surface area contributed by atoms with Crippen molar-refractivity contribution in [1.29, 1.82) is 0 Å². The number of hydrogen-bond acceptors (Lipinski definition) is 2. The van der Waals surface area contributed by atoms with Gasteiger partial charge in [0.15, 0.2) is 0 Å². The van der Waals surface area contributed by atoms with Crippen molar-refractivity contribution in [3.05, 3.63) is 64.2 Å². The molecule has 0 amide bonds. The van der Waals surface area contributed by atoms with Gasteiger partial charge < -0.3 is 10.6 Å². The summed E-state index contributed by atoms with van der Waals surface area (Å²) in [5.74, 6) is 0. The van der Waals surface area contributed by atoms with Crippen molar-refractivity contribution >= 4 is 34.5 Å². The zero-order valence-corrected chi connectivity index (χ0v) is 13.3. The molecule has 2 aromatic carbocycles. The zero-order valence-electron chi connectivity index (χ0n) is 11.7. The fourth-order valence-corrected chi connectivity index (χ4v) is 3.25. The first kappa shape index (κ1) is 14.4. The lowest BCUT2D eigenvalue weighted by Crippen LogP contribution is -2.23. The number of nitrogens with zero attached hydrogens (tertiary/aromatic N) is 1. The van der Waals surface area contributed by atoms with Crippen LogP contribution in [0.1, 0.15) is 23.1 Å². The Hall–Kier alpha value is -1.58. The summed E-state index contributed by atoms with van der Waals surface area (Å²) in [5, 5.41) is 0.708. The molecule has 0 fully saturated rings. The largest absolute Gasteiger partial charge is 0.389 e. The van der Waals surface area contributed by atoms with Crippen LogP contribution in [-0.2, 0) is 13.0 Å². The highest BCUT2D eigenvalue weighted by Gasteiger charge is 2.16. The molecular formula is C17H17ClN2S. The fourth-order valence-electron chi connectivity index (χ4n) is 2.82. The van der Waals surface area contributed by atoms with Gasteiger partial charge in [-0.2, -0.15) is 0 Å². The van der Waals surface area contributed by atoms with Gasteiger partial charge in [0, 0.05) is 18.7 Å². The monoisotopic (exact) mass is 316 g/mol. The fraction of sp³-hybridized carbons (Fsp3) is 0.235. The van der Waals surface area contributed by atoms with E-state index in [1.165, 1.54) is 11.1 Å². The van der Waals surface area contributed by atoms with E-state index in [9.17, 15) is 0 Å². The number of benzene rings is 2. The van der Waals surface area contributed by atoms with Crippen LogP contribution in [0.5, 0.6) is 0 Å². The van der Waals surface area contributed by atoms with Gasteiger partial charge in [0.25, 0.3) is 0 Å². The van der Waals surface area contributed by atoms with Gasteiger partial charge >= 0.3 is 0 Å². The molecule has 4 heteroatoms. The summed E-state index contributed by atoms with van der Waals surface area (Å²) < 4.78 is 0. The van der Waals surface area contributed by atoms with Gasteiger partial charge in [0.1, 0.15) is 4.99 Å². The molecule has 2 N–H and O–H groups in total. The average Bonchev–Trinajstić information content (AvgIpc) is 2.69. The second-order valence-corrected chi connectivity index (χ2v) is 6.17. The van der Waals surface area contributed by atoms with Gasteiger partial charge in [-0.25, -0.2) is 0 Å². The highest BCUT2D eigenvalue weighted by Crippen LogP contribution is 2.30. The van der Waals surface area contributed by atoms with Crippen molar-refractivity contribution in [2.45, 2.75) is 19.4 Å². The molecule has 0 radical (unpaired) electrons. The number of halogens is 1. The highest BCUT2D eigenvalue weighted by molar-refractivity contribution is 7.80. The molecule has 108 valence electrons. The summed E-state index contributed by atoms with van der Waals surface area (Å²) in [6, 6.07) is 14.4. The molecule has 3 rings (SSSR count). The third-order valence-corrected chi connectivity index (χ3v) is 4.47. The Kier molecular flexibility index (Phi) is 4.13. The first-order valence-corrected chi connectivity index (χ1v) is 7.85. The predicted molar refractivity (Wildman–Crippen MR) is 93.2 cm³/mol. The first-order valence-electron chi connectivity index (χ1n) is 7.06. The van der Waals surface area contributed by atoms with E-state index in [1.807, 2.05) is 18.2 Å². The maximum Gasteiger partial charge on any atom is 0.104 e. The summed E-state index contributed by atoms with van der Waals surface area (Å²) >= 11 is 11.4. The average molecular weight is 317 g/mol. The first-order chi connectivity index (χ1) is 10.1. The molecule has 0 aliphatic carbocycles. The van der Waals surface area contributed by atoms with Gasteiger partial charge in [-0.3, -0.25) is 0 Å². The van der Waals surface area contributed by atoms with E-state index in [4.69, 9.17) is 29.6 Å². The molecule has 2 nitrogen and oxygen atoms in total. The van der Waals surface area contributed by atoms with Gasteiger partial charge in [-0.1, -0.05) is 48.1 Å². The van der Waals surface area contributed by atoms with Crippen LogP contribution >= 0.6 is 23.8 Å². The standard InChI is InChI=1S/C17H17ClN2S/c18-15-10-13(17(19)21)7-8-16(15)20-9-3-6-12-4-1-2-5-14(12)11-20/h1-2,4-5,7-8,10H,3,6,9,11H2,(H2,19,21). The number of aryl methyl sites for hydroxylation is 1. The Balaban J connectivity index is 1.92. The second-order valence-electron chi connectivity index (χ2n) is 5.32. The quantitative estimate of drug-likeness (QED) is 0.851. The van der Waals surface area contributed by atoms with E-state index < -0.39 is 0 Å². The molecule has 0 atom stereocenters. The molecule has 0 bridgehead atoms. The van der Waals surface area contributed by atoms with Crippen LogP contribution in [-0.4, -0.2) is 11.5 Å². The molecule has 21 heavy (non-hydrogen) atoms. The van der Waals surface area contributed by atoms with E-state index in [2.05, 4.69) is 29.2 Å². The number of thiocarbonyl (C=S) groups is 1. The van der Waals surface area contributed by atoms with Crippen LogP contribution in [0.4, 0.5) is 5.69 Å². The lowest BCUT2D eigenvalue weighted by Gasteiger charge is -2.24. The molecule has 1 aliphatic heterocycles. The predicted octanol–water partition coefficient (Wildman–Crippen LogP) is 3.93. The minimum atomic E-state index is 0.379. The molecule has 0 saturated carbocycles. The van der Waals surface area contributed by atoms with E-state index >= 15 is 0 Å². The third kappa shape index (κ3) is 3.04. The Bertz CT molecular complexity index is 684. The molecule has 0 unspecified atom stereocenters. The summed E-state index contributed by atoms with van der Waals surface area (Å²) in [6.07, 6.45) is 2.25. The van der Waals surface area contributed by atoms with Crippen molar-refractivity contribution < 1.29 is 0 Å². The van der Waals surface area contributed by atoms with Crippen LogP contribution in [0.2, 0.25) is 5.02 Å². The zero-order chi connectivity index (χ0) is 14.8. The third-order valence-electron chi connectivity index (χ3n) is 3.93. The SMILES string of the molecule is NC(=S)c1ccc(N2CCCc3ccccc3C2)c(Cl)c1. The normalized spacial score (nSPS) is 14.4. The van der Waals surface area contributed by atoms with Crippen molar-refractivity contribution in [2.75, 3.05) is 11.4 Å². The molecule has 1 aliphatic rings. The van der Waals surface area contributed by atoms with Crippen LogP contribution < -0.4 is 10.6 Å². The summed E-state index contributed by atoms with van der Waals surface area (Å²) in [5.41, 5.74) is 10.3. The number of anilines is 1. The Morgan fingerprint density at radius 2 is 1.90 bits per heavy atom. The molecule has 0 saturated heterocycles. The Labute approximate surface area is 135 Å². The lowest BCUT2D eigenvalue weighted by molar-refractivity contribution is 0.766. The van der Waals surface area contributed by atoms with Gasteiger partial charge in [0.2, 0.25) is 0 Å². The molecule has 0 spiro atoms. The van der Waals surface area contributed by atoms with E-state index in [0.29, 0.717) is 10.0 Å². The number of hydrogen-bond donors (Lipinski definition) is 1. The molecule has 0 aromatic heterocycles. The second kappa shape index (κ2) is 6.04. The maximum atomic E-state index is 6.43. The Morgan fingerprint density at radius 3 is 2.62 bits per heavy atom. The van der Waals surface area contributed by atoms with Crippen LogP contribution in [0.25, 0.3) is 0 Å². The van der Waals surface area contributed by atoms with Gasteiger partial charge in [0.05, 0.1) is 10.7 Å². The van der Waals surface area contributed by atoms with Gasteiger partial charge in [-0.05, 0) is 42.2 Å². The summed E-state index contributed by atoms with van der Waals surface area (Å²) in [6.45, 7) is 1.89. The van der Waals surface area contributed by atoms with Crippen molar-refractivity contribution in [2.24, 2.45) is 5.73 Å². The van der Waals surface area contributed by atoms with Crippen LogP contribution in [0.3, 0.4) is 0 Å². The molecular weight excluding hydrogens is 300 g/mol. The summed E-state index contributed by atoms with van der Waals surface area (Å²) in [4.78, 5) is 2.71. The van der Waals surface area contributed by atoms with Crippen LogP contribution in [0, 0.1) is 0 Å².